The van der Waals surface area contributed by atoms with Gasteiger partial charge in [0.25, 0.3) is 0 Å². The van der Waals surface area contributed by atoms with Gasteiger partial charge in [0.15, 0.2) is 6.04 Å². The lowest BCUT2D eigenvalue weighted by Gasteiger charge is -2.19. The van der Waals surface area contributed by atoms with Crippen LogP contribution in [0.25, 0.3) is 0 Å². The van der Waals surface area contributed by atoms with Gasteiger partial charge in [-0.2, -0.15) is 5.26 Å². The summed E-state index contributed by atoms with van der Waals surface area (Å²) in [5.41, 5.74) is 1.58. The standard InChI is InChI=1S/C22H26N2O5/c1-4-27-19-11-17(12-20(13-19)29-10-9-28-15(2)3)21(22(25)26)24-18-7-5-16(14-23)6-8-18/h5-8,11-13,15,21,24H,4,9-10H2,1-3H3,(H,25,26). The summed E-state index contributed by atoms with van der Waals surface area (Å²) in [5, 5.41) is 21.6. The van der Waals surface area contributed by atoms with Crippen LogP contribution >= 0.6 is 0 Å². The monoisotopic (exact) mass is 398 g/mol. The maximum Gasteiger partial charge on any atom is 0.330 e. The van der Waals surface area contributed by atoms with Gasteiger partial charge in [0.1, 0.15) is 18.1 Å². The molecule has 1 unspecified atom stereocenters. The van der Waals surface area contributed by atoms with Crippen molar-refractivity contribution in [3.8, 4) is 17.6 Å². The quantitative estimate of drug-likeness (QED) is 0.552. The highest BCUT2D eigenvalue weighted by atomic mass is 16.5. The highest BCUT2D eigenvalue weighted by molar-refractivity contribution is 5.79. The van der Waals surface area contributed by atoms with Gasteiger partial charge < -0.3 is 24.6 Å². The Labute approximate surface area is 170 Å². The van der Waals surface area contributed by atoms with Gasteiger partial charge in [0, 0.05) is 11.8 Å². The van der Waals surface area contributed by atoms with Gasteiger partial charge in [0.05, 0.1) is 31.0 Å². The molecule has 7 heteroatoms. The highest BCUT2D eigenvalue weighted by Crippen LogP contribution is 2.29. The Hall–Kier alpha value is -3.24. The van der Waals surface area contributed by atoms with Crippen LogP contribution in [0.4, 0.5) is 5.69 Å². The lowest BCUT2D eigenvalue weighted by atomic mass is 10.1. The van der Waals surface area contributed by atoms with Crippen molar-refractivity contribution in [1.82, 2.24) is 0 Å². The number of rotatable bonds is 11. The Bertz CT molecular complexity index is 843. The van der Waals surface area contributed by atoms with E-state index in [0.717, 1.165) is 0 Å². The van der Waals surface area contributed by atoms with E-state index in [1.54, 1.807) is 42.5 Å². The van der Waals surface area contributed by atoms with Gasteiger partial charge in [-0.1, -0.05) is 0 Å². The predicted molar refractivity (Wildman–Crippen MR) is 109 cm³/mol. The molecule has 0 amide bonds. The second-order valence-corrected chi connectivity index (χ2v) is 6.54. The third kappa shape index (κ3) is 7.01. The molecule has 0 saturated carbocycles. The van der Waals surface area contributed by atoms with E-state index < -0.39 is 12.0 Å². The van der Waals surface area contributed by atoms with Gasteiger partial charge in [-0.25, -0.2) is 4.79 Å². The molecule has 7 nitrogen and oxygen atoms in total. The first-order valence-corrected chi connectivity index (χ1v) is 9.44. The molecule has 2 N–H and O–H groups in total. The van der Waals surface area contributed by atoms with Crippen LogP contribution < -0.4 is 14.8 Å². The van der Waals surface area contributed by atoms with Gasteiger partial charge in [-0.15, -0.1) is 0 Å². The van der Waals surface area contributed by atoms with E-state index in [1.807, 2.05) is 26.8 Å². The number of ether oxygens (including phenoxy) is 3. The Morgan fingerprint density at radius 1 is 1.10 bits per heavy atom. The molecule has 0 aliphatic rings. The number of carboxylic acids is 1. The van der Waals surface area contributed by atoms with Crippen LogP contribution in [-0.4, -0.2) is 37.0 Å². The number of carboxylic acid groups (broad SMARTS) is 1. The Kier molecular flexibility index (Phi) is 8.31. The minimum absolute atomic E-state index is 0.108. The molecule has 0 saturated heterocycles. The van der Waals surface area contributed by atoms with Crippen LogP contribution in [0.3, 0.4) is 0 Å². The molecule has 2 aromatic rings. The first kappa shape index (κ1) is 22.1. The minimum Gasteiger partial charge on any atom is -0.494 e. The number of anilines is 1. The van der Waals surface area contributed by atoms with Crippen molar-refractivity contribution < 1.29 is 24.1 Å². The Balaban J connectivity index is 2.23. The maximum atomic E-state index is 11.9. The Morgan fingerprint density at radius 3 is 2.31 bits per heavy atom. The number of carbonyl (C=O) groups is 1. The van der Waals surface area contributed by atoms with E-state index in [-0.39, 0.29) is 6.10 Å². The van der Waals surface area contributed by atoms with E-state index in [9.17, 15) is 9.90 Å². The van der Waals surface area contributed by atoms with E-state index in [4.69, 9.17) is 19.5 Å². The second kappa shape index (κ2) is 10.9. The molecule has 2 aromatic carbocycles. The minimum atomic E-state index is -1.04. The number of nitriles is 1. The summed E-state index contributed by atoms with van der Waals surface area (Å²) in [7, 11) is 0. The molecule has 2 rings (SSSR count). The highest BCUT2D eigenvalue weighted by Gasteiger charge is 2.21. The second-order valence-electron chi connectivity index (χ2n) is 6.54. The van der Waals surface area contributed by atoms with Crippen molar-refractivity contribution in [2.24, 2.45) is 0 Å². The van der Waals surface area contributed by atoms with E-state index in [2.05, 4.69) is 5.32 Å². The average molecular weight is 398 g/mol. The zero-order valence-electron chi connectivity index (χ0n) is 16.8. The van der Waals surface area contributed by atoms with Crippen LogP contribution in [0.2, 0.25) is 0 Å². The summed E-state index contributed by atoms with van der Waals surface area (Å²) in [6.45, 7) is 6.96. The predicted octanol–water partition coefficient (Wildman–Crippen LogP) is 4.00. The molecule has 0 aromatic heterocycles. The van der Waals surface area contributed by atoms with Crippen LogP contribution in [-0.2, 0) is 9.53 Å². The molecule has 0 aliphatic carbocycles. The van der Waals surface area contributed by atoms with Crippen molar-refractivity contribution >= 4 is 11.7 Å². The molecule has 0 heterocycles. The number of hydrogen-bond donors (Lipinski definition) is 2. The van der Waals surface area contributed by atoms with Crippen molar-refractivity contribution in [3.63, 3.8) is 0 Å². The van der Waals surface area contributed by atoms with Gasteiger partial charge in [-0.05, 0) is 62.7 Å². The fourth-order valence-corrected chi connectivity index (χ4v) is 2.63. The van der Waals surface area contributed by atoms with Crippen molar-refractivity contribution in [2.75, 3.05) is 25.1 Å². The van der Waals surface area contributed by atoms with E-state index in [1.165, 1.54) is 0 Å². The normalized spacial score (nSPS) is 11.6. The molecule has 0 bridgehead atoms. The molecular weight excluding hydrogens is 372 g/mol. The lowest BCUT2D eigenvalue weighted by Crippen LogP contribution is -2.21. The third-order valence-electron chi connectivity index (χ3n) is 3.92. The van der Waals surface area contributed by atoms with Gasteiger partial charge in [-0.3, -0.25) is 0 Å². The number of nitrogens with zero attached hydrogens (tertiary/aromatic N) is 1. The fourth-order valence-electron chi connectivity index (χ4n) is 2.63. The summed E-state index contributed by atoms with van der Waals surface area (Å²) in [6.07, 6.45) is 0.108. The summed E-state index contributed by atoms with van der Waals surface area (Å²) in [6, 6.07) is 12.7. The number of hydrogen-bond acceptors (Lipinski definition) is 6. The summed E-state index contributed by atoms with van der Waals surface area (Å²) < 4.78 is 16.8. The summed E-state index contributed by atoms with van der Waals surface area (Å²) in [4.78, 5) is 11.9. The van der Waals surface area contributed by atoms with Crippen LogP contribution in [0.1, 0.15) is 37.9 Å². The van der Waals surface area contributed by atoms with Gasteiger partial charge in [0.2, 0.25) is 0 Å². The molecule has 29 heavy (non-hydrogen) atoms. The van der Waals surface area contributed by atoms with Crippen LogP contribution in [0, 0.1) is 11.3 Å². The van der Waals surface area contributed by atoms with Gasteiger partial charge >= 0.3 is 5.97 Å². The molecule has 0 fully saturated rings. The fraction of sp³-hybridized carbons (Fsp3) is 0.364. The van der Waals surface area contributed by atoms with E-state index in [0.29, 0.717) is 48.1 Å². The van der Waals surface area contributed by atoms with E-state index >= 15 is 0 Å². The molecule has 154 valence electrons. The number of nitrogens with one attached hydrogen (secondary N) is 1. The lowest BCUT2D eigenvalue weighted by molar-refractivity contribution is -0.138. The molecular formula is C22H26N2O5. The topological polar surface area (TPSA) is 101 Å². The van der Waals surface area contributed by atoms with Crippen LogP contribution in [0.5, 0.6) is 11.5 Å². The Morgan fingerprint density at radius 2 is 1.76 bits per heavy atom. The average Bonchev–Trinajstić information content (AvgIpc) is 2.69. The smallest absolute Gasteiger partial charge is 0.330 e. The summed E-state index contributed by atoms with van der Waals surface area (Å²) in [5.74, 6) is -0.0130. The first-order chi connectivity index (χ1) is 13.9. The molecule has 0 aliphatic heterocycles. The zero-order valence-corrected chi connectivity index (χ0v) is 16.8. The first-order valence-electron chi connectivity index (χ1n) is 9.44. The SMILES string of the molecule is CCOc1cc(OCCOC(C)C)cc(C(Nc2ccc(C#N)cc2)C(=O)O)c1. The zero-order chi connectivity index (χ0) is 21.2. The molecule has 0 radical (unpaired) electrons. The third-order valence-corrected chi connectivity index (χ3v) is 3.92. The summed E-state index contributed by atoms with van der Waals surface area (Å²) >= 11 is 0. The number of aliphatic carboxylic acids is 1. The molecule has 1 atom stereocenters. The van der Waals surface area contributed by atoms with Crippen molar-refractivity contribution in [1.29, 1.82) is 5.26 Å². The van der Waals surface area contributed by atoms with Crippen LogP contribution in [0.15, 0.2) is 42.5 Å². The van der Waals surface area contributed by atoms with Crippen molar-refractivity contribution in [2.45, 2.75) is 32.9 Å². The molecule has 0 spiro atoms. The van der Waals surface area contributed by atoms with Crippen molar-refractivity contribution in [3.05, 3.63) is 53.6 Å². The maximum absolute atomic E-state index is 11.9. The number of benzene rings is 2. The largest absolute Gasteiger partial charge is 0.494 e.